The number of hydrogen-bond donors (Lipinski definition) is 2. The molecule has 5 heteroatoms. The highest BCUT2D eigenvalue weighted by molar-refractivity contribution is 5.97. The van der Waals surface area contributed by atoms with Crippen molar-refractivity contribution >= 4 is 23.3 Å². The van der Waals surface area contributed by atoms with Crippen LogP contribution in [0.4, 0.5) is 11.4 Å². The predicted molar refractivity (Wildman–Crippen MR) is 79.2 cm³/mol. The van der Waals surface area contributed by atoms with Gasteiger partial charge in [-0.05, 0) is 24.3 Å². The van der Waals surface area contributed by atoms with Gasteiger partial charge in [0.2, 0.25) is 5.91 Å². The summed E-state index contributed by atoms with van der Waals surface area (Å²) in [5, 5.41) is 5.78. The van der Waals surface area contributed by atoms with Crippen LogP contribution in [0.5, 0.6) is 5.75 Å². The van der Waals surface area contributed by atoms with E-state index in [2.05, 4.69) is 10.6 Å². The van der Waals surface area contributed by atoms with Gasteiger partial charge in [0, 0.05) is 5.69 Å². The molecular weight excluding hydrogens is 268 g/mol. The Morgan fingerprint density at radius 3 is 2.62 bits per heavy atom. The van der Waals surface area contributed by atoms with E-state index in [1.165, 1.54) is 0 Å². The summed E-state index contributed by atoms with van der Waals surface area (Å²) in [7, 11) is 0. The van der Waals surface area contributed by atoms with Crippen molar-refractivity contribution < 1.29 is 14.3 Å². The molecule has 0 aliphatic carbocycles. The van der Waals surface area contributed by atoms with E-state index < -0.39 is 12.0 Å². The number of esters is 1. The number of rotatable bonds is 3. The van der Waals surface area contributed by atoms with Crippen LogP contribution in [0.15, 0.2) is 54.6 Å². The van der Waals surface area contributed by atoms with Gasteiger partial charge in [-0.15, -0.1) is 0 Å². The lowest BCUT2D eigenvalue weighted by Crippen LogP contribution is -2.39. The van der Waals surface area contributed by atoms with E-state index in [0.29, 0.717) is 11.4 Å². The van der Waals surface area contributed by atoms with Crippen LogP contribution < -0.4 is 15.4 Å². The zero-order valence-electron chi connectivity index (χ0n) is 11.2. The molecule has 0 spiro atoms. The maximum Gasteiger partial charge on any atom is 0.334 e. The number of anilines is 2. The van der Waals surface area contributed by atoms with Crippen molar-refractivity contribution in [1.29, 1.82) is 0 Å². The molecule has 106 valence electrons. The monoisotopic (exact) mass is 282 g/mol. The van der Waals surface area contributed by atoms with Crippen LogP contribution >= 0.6 is 0 Å². The maximum absolute atomic E-state index is 12.0. The number of ether oxygens (including phenoxy) is 1. The second-order valence-electron chi connectivity index (χ2n) is 4.73. The highest BCUT2D eigenvalue weighted by Gasteiger charge is 2.29. The standard InChI is InChI=1S/C16H14N2O3/c19-15(17-11-6-2-1-3-7-11)10-13-16(20)21-14-9-5-4-8-12(14)18-13/h1-9,13,18H,10H2,(H,17,19). The van der Waals surface area contributed by atoms with Gasteiger partial charge in [-0.25, -0.2) is 4.79 Å². The molecular formula is C16H14N2O3. The summed E-state index contributed by atoms with van der Waals surface area (Å²) in [5.41, 5.74) is 1.42. The molecule has 0 fully saturated rings. The first-order chi connectivity index (χ1) is 10.2. The SMILES string of the molecule is O=C(CC1Nc2ccccc2OC1=O)Nc1ccccc1. The third-order valence-corrected chi connectivity index (χ3v) is 3.16. The summed E-state index contributed by atoms with van der Waals surface area (Å²) >= 11 is 0. The fraction of sp³-hybridized carbons (Fsp3) is 0.125. The largest absolute Gasteiger partial charge is 0.423 e. The van der Waals surface area contributed by atoms with Crippen LogP contribution in [0.3, 0.4) is 0 Å². The third kappa shape index (κ3) is 3.02. The van der Waals surface area contributed by atoms with Gasteiger partial charge in [-0.2, -0.15) is 0 Å². The van der Waals surface area contributed by atoms with E-state index in [9.17, 15) is 9.59 Å². The Morgan fingerprint density at radius 1 is 1.10 bits per heavy atom. The first kappa shape index (κ1) is 13.2. The number of nitrogens with one attached hydrogen (secondary N) is 2. The number of fused-ring (bicyclic) bond motifs is 1. The normalized spacial score (nSPS) is 16.4. The average Bonchev–Trinajstić information content (AvgIpc) is 2.49. The van der Waals surface area contributed by atoms with Crippen molar-refractivity contribution in [3.63, 3.8) is 0 Å². The Balaban J connectivity index is 1.65. The predicted octanol–water partition coefficient (Wildman–Crippen LogP) is 2.41. The molecule has 1 heterocycles. The van der Waals surface area contributed by atoms with Crippen LogP contribution in [-0.2, 0) is 9.59 Å². The summed E-state index contributed by atoms with van der Waals surface area (Å²) in [5.74, 6) is -0.200. The second kappa shape index (κ2) is 5.66. The summed E-state index contributed by atoms with van der Waals surface area (Å²) in [6, 6.07) is 15.6. The maximum atomic E-state index is 12.0. The minimum absolute atomic E-state index is 0.0159. The first-order valence-corrected chi connectivity index (χ1v) is 6.64. The molecule has 0 bridgehead atoms. The van der Waals surface area contributed by atoms with Gasteiger partial charge >= 0.3 is 5.97 Å². The molecule has 0 radical (unpaired) electrons. The Kier molecular flexibility index (Phi) is 3.55. The fourth-order valence-electron chi connectivity index (χ4n) is 2.15. The van der Waals surface area contributed by atoms with E-state index in [1.807, 2.05) is 30.3 Å². The topological polar surface area (TPSA) is 67.4 Å². The number of benzene rings is 2. The van der Waals surface area contributed by atoms with Crippen LogP contribution in [0.2, 0.25) is 0 Å². The van der Waals surface area contributed by atoms with E-state index in [1.54, 1.807) is 24.3 Å². The number of carbonyl (C=O) groups excluding carboxylic acids is 2. The van der Waals surface area contributed by atoms with Crippen LogP contribution in [0.25, 0.3) is 0 Å². The lowest BCUT2D eigenvalue weighted by Gasteiger charge is -2.24. The van der Waals surface area contributed by atoms with Gasteiger partial charge in [0.05, 0.1) is 12.1 Å². The van der Waals surface area contributed by atoms with Crippen molar-refractivity contribution in [3.05, 3.63) is 54.6 Å². The van der Waals surface area contributed by atoms with E-state index in [-0.39, 0.29) is 12.3 Å². The molecule has 1 aliphatic rings. The van der Waals surface area contributed by atoms with Gasteiger partial charge in [0.1, 0.15) is 6.04 Å². The molecule has 3 rings (SSSR count). The number of hydrogen-bond acceptors (Lipinski definition) is 4. The number of amides is 1. The molecule has 1 aliphatic heterocycles. The summed E-state index contributed by atoms with van der Waals surface area (Å²) in [4.78, 5) is 23.9. The summed E-state index contributed by atoms with van der Waals surface area (Å²) < 4.78 is 5.21. The average molecular weight is 282 g/mol. The molecule has 2 aromatic carbocycles. The van der Waals surface area contributed by atoms with Gasteiger partial charge in [0.25, 0.3) is 0 Å². The molecule has 0 saturated heterocycles. The second-order valence-corrected chi connectivity index (χ2v) is 4.73. The van der Waals surface area contributed by atoms with Gasteiger partial charge in [0.15, 0.2) is 5.75 Å². The minimum Gasteiger partial charge on any atom is -0.423 e. The minimum atomic E-state index is -0.677. The Labute approximate surface area is 121 Å². The van der Waals surface area contributed by atoms with Crippen molar-refractivity contribution in [2.45, 2.75) is 12.5 Å². The van der Waals surface area contributed by atoms with E-state index in [4.69, 9.17) is 4.74 Å². The highest BCUT2D eigenvalue weighted by atomic mass is 16.5. The summed E-state index contributed by atoms with van der Waals surface area (Å²) in [6.07, 6.45) is 0.0159. The smallest absolute Gasteiger partial charge is 0.334 e. The Bertz CT molecular complexity index is 670. The molecule has 21 heavy (non-hydrogen) atoms. The fourth-order valence-corrected chi connectivity index (χ4v) is 2.15. The van der Waals surface area contributed by atoms with Crippen molar-refractivity contribution in [2.24, 2.45) is 0 Å². The number of para-hydroxylation sites is 3. The molecule has 2 aromatic rings. The first-order valence-electron chi connectivity index (χ1n) is 6.64. The van der Waals surface area contributed by atoms with Crippen LogP contribution in [-0.4, -0.2) is 17.9 Å². The van der Waals surface area contributed by atoms with Crippen LogP contribution in [0, 0.1) is 0 Å². The van der Waals surface area contributed by atoms with Gasteiger partial charge < -0.3 is 15.4 Å². The van der Waals surface area contributed by atoms with Crippen molar-refractivity contribution in [2.75, 3.05) is 10.6 Å². The molecule has 5 nitrogen and oxygen atoms in total. The quantitative estimate of drug-likeness (QED) is 0.670. The lowest BCUT2D eigenvalue weighted by molar-refractivity contribution is -0.137. The zero-order valence-corrected chi connectivity index (χ0v) is 11.2. The molecule has 1 atom stereocenters. The van der Waals surface area contributed by atoms with Gasteiger partial charge in [-0.1, -0.05) is 30.3 Å². The van der Waals surface area contributed by atoms with Crippen LogP contribution in [0.1, 0.15) is 6.42 Å². The molecule has 0 saturated carbocycles. The van der Waals surface area contributed by atoms with E-state index in [0.717, 1.165) is 5.69 Å². The molecule has 1 unspecified atom stereocenters. The number of carbonyl (C=O) groups is 2. The van der Waals surface area contributed by atoms with Crippen molar-refractivity contribution in [3.8, 4) is 5.75 Å². The Morgan fingerprint density at radius 2 is 1.81 bits per heavy atom. The Hall–Kier alpha value is -2.82. The zero-order chi connectivity index (χ0) is 14.7. The highest BCUT2D eigenvalue weighted by Crippen LogP contribution is 2.29. The van der Waals surface area contributed by atoms with Gasteiger partial charge in [-0.3, -0.25) is 4.79 Å². The summed E-state index contributed by atoms with van der Waals surface area (Å²) in [6.45, 7) is 0. The lowest BCUT2D eigenvalue weighted by atomic mass is 10.1. The third-order valence-electron chi connectivity index (χ3n) is 3.16. The molecule has 2 N–H and O–H groups in total. The molecule has 1 amide bonds. The van der Waals surface area contributed by atoms with Crippen molar-refractivity contribution in [1.82, 2.24) is 0 Å². The molecule has 0 aromatic heterocycles. The van der Waals surface area contributed by atoms with E-state index >= 15 is 0 Å².